The molecule has 0 spiro atoms. The summed E-state index contributed by atoms with van der Waals surface area (Å²) in [6.45, 7) is 0. The third kappa shape index (κ3) is 6.08. The number of benzene rings is 9. The van der Waals surface area contributed by atoms with Gasteiger partial charge in [0.2, 0.25) is 0 Å². The summed E-state index contributed by atoms with van der Waals surface area (Å²) in [4.78, 5) is 13.2. The van der Waals surface area contributed by atoms with E-state index in [1.54, 1.807) is 0 Å². The van der Waals surface area contributed by atoms with Crippen LogP contribution in [0, 0.1) is 0 Å². The number of nitrogens with zero attached hydrogens (tertiary/aromatic N) is 3. The maximum Gasteiger partial charge on any atom is 0.0979 e. The molecule has 9 aromatic carbocycles. The van der Waals surface area contributed by atoms with Crippen LogP contribution in [0.15, 0.2) is 212 Å². The van der Waals surface area contributed by atoms with Crippen molar-refractivity contribution in [2.45, 2.75) is 0 Å². The number of anilines is 3. The van der Waals surface area contributed by atoms with E-state index in [0.717, 1.165) is 83.3 Å². The lowest BCUT2D eigenvalue weighted by Gasteiger charge is -2.27. The number of hydrogen-bond acceptors (Lipinski definition) is 3. The van der Waals surface area contributed by atoms with E-state index in [1.807, 2.05) is 12.1 Å². The molecule has 0 radical (unpaired) electrons. The highest BCUT2D eigenvalue weighted by Crippen LogP contribution is 2.42. The fourth-order valence-corrected chi connectivity index (χ4v) is 7.74. The van der Waals surface area contributed by atoms with Crippen LogP contribution in [-0.4, -0.2) is 9.97 Å². The lowest BCUT2D eigenvalue weighted by Crippen LogP contribution is -2.10. The molecule has 0 saturated heterocycles. The molecule has 1 aromatic heterocycles. The van der Waals surface area contributed by atoms with Crippen molar-refractivity contribution in [2.24, 2.45) is 0 Å². The van der Waals surface area contributed by atoms with Crippen LogP contribution in [0.5, 0.6) is 0 Å². The van der Waals surface area contributed by atoms with Crippen LogP contribution in [-0.2, 0) is 0 Å². The fraction of sp³-hybridized carbons (Fsp3) is 0. The molecule has 258 valence electrons. The first-order chi connectivity index (χ1) is 27.3. The topological polar surface area (TPSA) is 29.0 Å². The average Bonchev–Trinajstić information content (AvgIpc) is 3.27. The van der Waals surface area contributed by atoms with E-state index in [-0.39, 0.29) is 0 Å². The first-order valence-electron chi connectivity index (χ1n) is 18.7. The molecule has 1 heterocycles. The normalized spacial score (nSPS) is 11.3. The summed E-state index contributed by atoms with van der Waals surface area (Å²) in [6, 6.07) is 75.1. The number of hydrogen-bond donors (Lipinski definition) is 0. The predicted octanol–water partition coefficient (Wildman–Crippen LogP) is 14.1. The van der Waals surface area contributed by atoms with Crippen molar-refractivity contribution in [3.8, 4) is 44.8 Å². The van der Waals surface area contributed by atoms with Gasteiger partial charge in [-0.15, -0.1) is 0 Å². The highest BCUT2D eigenvalue weighted by atomic mass is 15.1. The Morgan fingerprint density at radius 2 is 0.782 bits per heavy atom. The molecule has 0 bridgehead atoms. The second-order valence-corrected chi connectivity index (χ2v) is 13.8. The Morgan fingerprint density at radius 1 is 0.309 bits per heavy atom. The smallest absolute Gasteiger partial charge is 0.0979 e. The molecule has 10 aromatic rings. The monoisotopic (exact) mass is 701 g/mol. The second-order valence-electron chi connectivity index (χ2n) is 13.8. The molecule has 0 fully saturated rings. The van der Waals surface area contributed by atoms with E-state index < -0.39 is 0 Å². The van der Waals surface area contributed by atoms with Gasteiger partial charge in [0.15, 0.2) is 0 Å². The van der Waals surface area contributed by atoms with Crippen molar-refractivity contribution in [1.82, 2.24) is 9.97 Å². The zero-order valence-electron chi connectivity index (χ0n) is 30.0. The molecule has 3 heteroatoms. The Morgan fingerprint density at radius 3 is 1.36 bits per heavy atom. The molecule has 0 aliphatic rings. The number of para-hydroxylation sites is 1. The molecular formula is C52H35N3. The van der Waals surface area contributed by atoms with Gasteiger partial charge in [-0.2, -0.15) is 0 Å². The fourth-order valence-electron chi connectivity index (χ4n) is 7.74. The summed E-state index contributed by atoms with van der Waals surface area (Å²) in [5.41, 5.74) is 13.5. The molecule has 0 saturated carbocycles. The Labute approximate surface area is 320 Å². The molecule has 0 amide bonds. The molecular weight excluding hydrogens is 667 g/mol. The van der Waals surface area contributed by atoms with Crippen LogP contribution < -0.4 is 4.90 Å². The highest BCUT2D eigenvalue weighted by molar-refractivity contribution is 6.19. The Hall–Kier alpha value is -7.36. The Kier molecular flexibility index (Phi) is 8.16. The van der Waals surface area contributed by atoms with Crippen LogP contribution >= 0.6 is 0 Å². The van der Waals surface area contributed by atoms with Gasteiger partial charge in [0.05, 0.1) is 22.4 Å². The lowest BCUT2D eigenvalue weighted by atomic mass is 9.96. The zero-order chi connectivity index (χ0) is 36.6. The van der Waals surface area contributed by atoms with Crippen LogP contribution in [0.4, 0.5) is 17.1 Å². The van der Waals surface area contributed by atoms with Crippen LogP contribution in [0.3, 0.4) is 0 Å². The van der Waals surface area contributed by atoms with Gasteiger partial charge in [0.25, 0.3) is 0 Å². The summed E-state index contributed by atoms with van der Waals surface area (Å²) in [7, 11) is 0. The van der Waals surface area contributed by atoms with Crippen molar-refractivity contribution in [3.05, 3.63) is 212 Å². The number of aromatic nitrogens is 2. The van der Waals surface area contributed by atoms with Crippen LogP contribution in [0.2, 0.25) is 0 Å². The Bertz CT molecular complexity index is 2890. The van der Waals surface area contributed by atoms with Crippen LogP contribution in [0.1, 0.15) is 0 Å². The van der Waals surface area contributed by atoms with Gasteiger partial charge >= 0.3 is 0 Å². The second kappa shape index (κ2) is 13.9. The first kappa shape index (κ1) is 32.3. The molecule has 55 heavy (non-hydrogen) atoms. The summed E-state index contributed by atoms with van der Waals surface area (Å²) in [6.07, 6.45) is 0. The standard InChI is InChI=1S/C52H35N3/c1-6-16-36(17-7-1)42-32-43(37-18-8-2-9-19-37)34-46(33-42)55(44-24-14-5-15-25-44)45-30-28-38-26-27-39-29-31-48-52(49(39)47(38)35-45)54-51(41-22-12-4-13-23-41)50(53-48)40-20-10-3-11-21-40/h1-35H. The van der Waals surface area contributed by atoms with Crippen molar-refractivity contribution in [3.63, 3.8) is 0 Å². The maximum atomic E-state index is 5.51. The summed E-state index contributed by atoms with van der Waals surface area (Å²) >= 11 is 0. The summed E-state index contributed by atoms with van der Waals surface area (Å²) < 4.78 is 0. The minimum absolute atomic E-state index is 0.868. The van der Waals surface area contributed by atoms with Crippen molar-refractivity contribution >= 4 is 49.6 Å². The van der Waals surface area contributed by atoms with E-state index in [9.17, 15) is 0 Å². The van der Waals surface area contributed by atoms with Gasteiger partial charge in [0, 0.05) is 33.6 Å². The molecule has 0 atom stereocenters. The minimum atomic E-state index is 0.868. The minimum Gasteiger partial charge on any atom is -0.310 e. The van der Waals surface area contributed by atoms with E-state index in [1.165, 1.54) is 11.1 Å². The van der Waals surface area contributed by atoms with Gasteiger partial charge in [-0.25, -0.2) is 9.97 Å². The molecule has 0 N–H and O–H groups in total. The van der Waals surface area contributed by atoms with E-state index in [2.05, 4.69) is 205 Å². The largest absolute Gasteiger partial charge is 0.310 e. The third-order valence-corrected chi connectivity index (χ3v) is 10.4. The van der Waals surface area contributed by atoms with E-state index >= 15 is 0 Å². The lowest BCUT2D eigenvalue weighted by molar-refractivity contribution is 1.29. The molecule has 0 aliphatic carbocycles. The van der Waals surface area contributed by atoms with Crippen molar-refractivity contribution < 1.29 is 0 Å². The SMILES string of the molecule is c1ccc(-c2cc(-c3ccccc3)cc(N(c3ccccc3)c3ccc4ccc5ccc6nc(-c7ccccc7)c(-c7ccccc7)nc6c5c4c3)c2)cc1. The molecule has 0 aliphatic heterocycles. The predicted molar refractivity (Wildman–Crippen MR) is 231 cm³/mol. The third-order valence-electron chi connectivity index (χ3n) is 10.4. The number of rotatable bonds is 7. The van der Waals surface area contributed by atoms with Crippen molar-refractivity contribution in [2.75, 3.05) is 4.90 Å². The van der Waals surface area contributed by atoms with Gasteiger partial charge in [-0.1, -0.05) is 164 Å². The van der Waals surface area contributed by atoms with E-state index in [0.29, 0.717) is 0 Å². The van der Waals surface area contributed by atoms with Crippen molar-refractivity contribution in [1.29, 1.82) is 0 Å². The quantitative estimate of drug-likeness (QED) is 0.155. The summed E-state index contributed by atoms with van der Waals surface area (Å²) in [5, 5.41) is 4.50. The molecule has 0 unspecified atom stereocenters. The van der Waals surface area contributed by atoms with Gasteiger partial charge in [0.1, 0.15) is 0 Å². The van der Waals surface area contributed by atoms with E-state index in [4.69, 9.17) is 9.97 Å². The van der Waals surface area contributed by atoms with Crippen LogP contribution in [0.25, 0.3) is 77.3 Å². The van der Waals surface area contributed by atoms with Gasteiger partial charge in [-0.05, 0) is 86.9 Å². The highest BCUT2D eigenvalue weighted by Gasteiger charge is 2.19. The first-order valence-corrected chi connectivity index (χ1v) is 18.7. The van der Waals surface area contributed by atoms with Gasteiger partial charge in [-0.3, -0.25) is 0 Å². The molecule has 3 nitrogen and oxygen atoms in total. The maximum absolute atomic E-state index is 5.51. The zero-order valence-corrected chi connectivity index (χ0v) is 30.0. The van der Waals surface area contributed by atoms with Gasteiger partial charge < -0.3 is 4.90 Å². The summed E-state index contributed by atoms with van der Waals surface area (Å²) in [5.74, 6) is 0. The number of fused-ring (bicyclic) bond motifs is 5. The molecule has 10 rings (SSSR count). The Balaban J connectivity index is 1.23. The average molecular weight is 702 g/mol.